The number of ether oxygens (including phenoxy) is 2. The summed E-state index contributed by atoms with van der Waals surface area (Å²) >= 11 is 1.69. The van der Waals surface area contributed by atoms with E-state index in [4.69, 9.17) is 18.3 Å². The molecule has 0 radical (unpaired) electrons. The zero-order valence-electron chi connectivity index (χ0n) is 25.7. The molecule has 2 aliphatic carbocycles. The highest BCUT2D eigenvalue weighted by Crippen LogP contribution is 2.32. The number of hydrogen-bond donors (Lipinski definition) is 2. The van der Waals surface area contributed by atoms with Gasteiger partial charge in [0.25, 0.3) is 0 Å². The molecule has 2 saturated carbocycles. The predicted octanol–water partition coefficient (Wildman–Crippen LogP) is 8.68. The monoisotopic (exact) mass is 634 g/mol. The molecule has 6 aromatic rings. The summed E-state index contributed by atoms with van der Waals surface area (Å²) in [5.41, 5.74) is 11.7. The van der Waals surface area contributed by atoms with Crippen LogP contribution >= 0.6 is 11.3 Å². The summed E-state index contributed by atoms with van der Waals surface area (Å²) in [6.07, 6.45) is 9.25. The summed E-state index contributed by atoms with van der Waals surface area (Å²) in [7, 11) is 0. The van der Waals surface area contributed by atoms with Crippen molar-refractivity contribution in [3.63, 3.8) is 0 Å². The minimum atomic E-state index is 0.0933. The molecule has 0 spiro atoms. The van der Waals surface area contributed by atoms with Crippen molar-refractivity contribution in [2.75, 3.05) is 0 Å². The second-order valence-electron chi connectivity index (χ2n) is 12.3. The topological polar surface area (TPSA) is 94.6 Å². The fraction of sp³-hybridized carbons (Fsp3) is 0.351. The number of para-hydroxylation sites is 4. The zero-order chi connectivity index (χ0) is 30.7. The Morgan fingerprint density at radius 1 is 0.652 bits per heavy atom. The molecule has 236 valence electrons. The Morgan fingerprint density at radius 3 is 1.98 bits per heavy atom. The smallest absolute Gasteiger partial charge is 0.237 e. The molecule has 0 bridgehead atoms. The van der Waals surface area contributed by atoms with Crippen LogP contribution < -0.4 is 15.6 Å². The molecule has 3 heterocycles. The first kappa shape index (κ1) is 29.4. The molecule has 46 heavy (non-hydrogen) atoms. The molecular weight excluding hydrogens is 596 g/mol. The number of aromatic nitrogens is 2. The van der Waals surface area contributed by atoms with E-state index in [1.54, 1.807) is 11.3 Å². The molecule has 4 unspecified atom stereocenters. The zero-order valence-corrected chi connectivity index (χ0v) is 26.5. The van der Waals surface area contributed by atoms with Crippen LogP contribution in [-0.4, -0.2) is 34.3 Å². The van der Waals surface area contributed by atoms with E-state index in [1.807, 2.05) is 72.8 Å². The van der Waals surface area contributed by atoms with Gasteiger partial charge in [0.15, 0.2) is 11.2 Å². The van der Waals surface area contributed by atoms with Crippen LogP contribution in [0.3, 0.4) is 0 Å². The lowest BCUT2D eigenvalue weighted by Crippen LogP contribution is -2.57. The Labute approximate surface area is 272 Å². The minimum Gasteiger partial charge on any atom is -0.489 e. The van der Waals surface area contributed by atoms with Crippen molar-refractivity contribution in [3.8, 4) is 28.0 Å². The third-order valence-electron chi connectivity index (χ3n) is 9.15. The summed E-state index contributed by atoms with van der Waals surface area (Å²) in [6, 6.07) is 28.5. The Kier molecular flexibility index (Phi) is 8.54. The molecule has 0 amide bonds. The molecule has 2 N–H and O–H groups in total. The Hall–Kier alpha value is -4.02. The lowest BCUT2D eigenvalue weighted by Gasteiger charge is -2.37. The van der Waals surface area contributed by atoms with Crippen LogP contribution in [0, 0.1) is 0 Å². The molecule has 8 nitrogen and oxygen atoms in total. The summed E-state index contributed by atoms with van der Waals surface area (Å²) < 4.78 is 25.0. The second kappa shape index (κ2) is 13.4. The van der Waals surface area contributed by atoms with E-state index in [2.05, 4.69) is 33.0 Å². The minimum absolute atomic E-state index is 0.0933. The van der Waals surface area contributed by atoms with Crippen LogP contribution in [0.2, 0.25) is 0 Å². The van der Waals surface area contributed by atoms with Crippen LogP contribution in [0.25, 0.3) is 44.4 Å². The maximum absolute atomic E-state index is 6.55. The summed E-state index contributed by atoms with van der Waals surface area (Å²) in [5, 5.41) is 0. The van der Waals surface area contributed by atoms with E-state index < -0.39 is 0 Å². The highest BCUT2D eigenvalue weighted by molar-refractivity contribution is 7.15. The number of oxazole rings is 2. The van der Waals surface area contributed by atoms with Gasteiger partial charge in [-0.3, -0.25) is 10.9 Å². The molecule has 0 saturated heterocycles. The normalized spacial score (nSPS) is 22.0. The third-order valence-corrected chi connectivity index (χ3v) is 10.2. The number of rotatable bonds is 10. The van der Waals surface area contributed by atoms with Crippen LogP contribution in [0.4, 0.5) is 0 Å². The average molecular weight is 635 g/mol. The lowest BCUT2D eigenvalue weighted by atomic mass is 9.91. The molecule has 8 rings (SSSR count). The van der Waals surface area contributed by atoms with Gasteiger partial charge in [0.1, 0.15) is 22.9 Å². The average Bonchev–Trinajstić information content (AvgIpc) is 3.86. The van der Waals surface area contributed by atoms with Gasteiger partial charge in [0, 0.05) is 16.5 Å². The van der Waals surface area contributed by atoms with Crippen LogP contribution in [0.1, 0.15) is 56.2 Å². The van der Waals surface area contributed by atoms with Gasteiger partial charge in [-0.25, -0.2) is 9.97 Å². The fourth-order valence-electron chi connectivity index (χ4n) is 6.66. The number of nitrogens with one attached hydrogen (secondary N) is 2. The molecule has 3 aromatic heterocycles. The van der Waals surface area contributed by atoms with Gasteiger partial charge in [-0.2, -0.15) is 0 Å². The number of hydrazine groups is 1. The predicted molar refractivity (Wildman–Crippen MR) is 181 cm³/mol. The molecule has 9 heteroatoms. The van der Waals surface area contributed by atoms with Crippen LogP contribution in [0.15, 0.2) is 93.8 Å². The summed E-state index contributed by atoms with van der Waals surface area (Å²) in [5.74, 6) is 2.16. The van der Waals surface area contributed by atoms with E-state index in [9.17, 15) is 0 Å². The van der Waals surface area contributed by atoms with E-state index in [0.29, 0.717) is 18.4 Å². The quantitative estimate of drug-likeness (QED) is 0.145. The Bertz CT molecular complexity index is 1830. The van der Waals surface area contributed by atoms with Crippen LogP contribution in [0.5, 0.6) is 5.75 Å². The number of hydrogen-bond acceptors (Lipinski definition) is 9. The van der Waals surface area contributed by atoms with Crippen molar-refractivity contribution in [1.82, 2.24) is 20.8 Å². The van der Waals surface area contributed by atoms with Crippen LogP contribution in [-0.2, 0) is 11.3 Å². The highest BCUT2D eigenvalue weighted by atomic mass is 32.1. The van der Waals surface area contributed by atoms with Crippen molar-refractivity contribution < 1.29 is 18.3 Å². The molecular formula is C37H38N4O4S. The number of fused-ring (bicyclic) bond motifs is 2. The number of nitrogens with zero attached hydrogens (tertiary/aromatic N) is 2. The van der Waals surface area contributed by atoms with Gasteiger partial charge in [-0.15, -0.1) is 11.3 Å². The van der Waals surface area contributed by atoms with Gasteiger partial charge >= 0.3 is 0 Å². The SMILES string of the molecule is c1ccc2oc(-c3ccc(OC4CCCCC4NNC4CCCCC4OCc4ccc(-c5nc6ccccc6o5)s4)cc3)nc2c1. The molecule has 2 aliphatic rings. The largest absolute Gasteiger partial charge is 0.489 e. The molecule has 0 aliphatic heterocycles. The van der Waals surface area contributed by atoms with E-state index in [-0.39, 0.29) is 24.3 Å². The van der Waals surface area contributed by atoms with Crippen molar-refractivity contribution in [3.05, 3.63) is 89.8 Å². The molecule has 2 fully saturated rings. The second-order valence-corrected chi connectivity index (χ2v) is 13.5. The van der Waals surface area contributed by atoms with E-state index in [1.165, 1.54) is 30.6 Å². The van der Waals surface area contributed by atoms with Crippen molar-refractivity contribution in [1.29, 1.82) is 0 Å². The van der Waals surface area contributed by atoms with Crippen molar-refractivity contribution in [2.45, 2.75) is 82.3 Å². The van der Waals surface area contributed by atoms with E-state index in [0.717, 1.165) is 64.1 Å². The highest BCUT2D eigenvalue weighted by Gasteiger charge is 2.30. The molecule has 4 atom stereocenters. The lowest BCUT2D eigenvalue weighted by molar-refractivity contribution is -0.0125. The Balaban J connectivity index is 0.864. The van der Waals surface area contributed by atoms with E-state index >= 15 is 0 Å². The standard InChI is InChI=1S/C37H38N4O4S/c1-6-14-32-27(9-1)38-36(44-32)24-17-19-25(20-18-24)43-34-16-8-4-12-30(34)41-40-29-11-3-5-13-31(29)42-23-26-21-22-35(46-26)37-39-28-10-2-7-15-33(28)45-37/h1-2,6-7,9-10,14-15,17-22,29-31,34,40-41H,3-5,8,11-13,16,23H2. The maximum atomic E-state index is 6.55. The summed E-state index contributed by atoms with van der Waals surface area (Å²) in [6.45, 7) is 0.586. The van der Waals surface area contributed by atoms with Gasteiger partial charge < -0.3 is 18.3 Å². The van der Waals surface area contributed by atoms with Crippen molar-refractivity contribution >= 4 is 33.5 Å². The maximum Gasteiger partial charge on any atom is 0.237 e. The van der Waals surface area contributed by atoms with Gasteiger partial charge in [-0.05, 0) is 92.8 Å². The number of thiophene rings is 1. The third kappa shape index (κ3) is 6.46. The first-order chi connectivity index (χ1) is 22.7. The van der Waals surface area contributed by atoms with Gasteiger partial charge in [-0.1, -0.05) is 43.5 Å². The fourth-order valence-corrected chi connectivity index (χ4v) is 7.52. The number of benzene rings is 3. The first-order valence-corrected chi connectivity index (χ1v) is 17.3. The van der Waals surface area contributed by atoms with Gasteiger partial charge in [0.2, 0.25) is 11.8 Å². The summed E-state index contributed by atoms with van der Waals surface area (Å²) in [4.78, 5) is 11.5. The molecule has 3 aromatic carbocycles. The van der Waals surface area contributed by atoms with Gasteiger partial charge in [0.05, 0.1) is 23.6 Å². The Morgan fingerprint density at radius 2 is 1.26 bits per heavy atom. The van der Waals surface area contributed by atoms with Crippen molar-refractivity contribution in [2.24, 2.45) is 0 Å². The first-order valence-electron chi connectivity index (χ1n) is 16.5.